The monoisotopic (exact) mass is 302 g/mol. The molecule has 0 fully saturated rings. The van der Waals surface area contributed by atoms with Crippen LogP contribution < -0.4 is 9.96 Å². The molecule has 20 heavy (non-hydrogen) atoms. The lowest BCUT2D eigenvalue weighted by atomic mass is 10.1. The maximum atomic E-state index is 3.74. The van der Waals surface area contributed by atoms with E-state index in [0.29, 0.717) is 0 Å². The zero-order chi connectivity index (χ0) is 15.0. The summed E-state index contributed by atoms with van der Waals surface area (Å²) in [5, 5.41) is 2.64. The summed E-state index contributed by atoms with van der Waals surface area (Å²) < 4.78 is 0. The number of hydrogen-bond acceptors (Lipinski definition) is 2. The third-order valence-electron chi connectivity index (χ3n) is 2.94. The number of hydrogen-bond donors (Lipinski definition) is 2. The van der Waals surface area contributed by atoms with Crippen molar-refractivity contribution in [2.45, 2.75) is 39.3 Å². The molecule has 0 unspecified atom stereocenters. The summed E-state index contributed by atoms with van der Waals surface area (Å²) in [7, 11) is -2.68. The van der Waals surface area contributed by atoms with Gasteiger partial charge in [0.2, 0.25) is 0 Å². The molecule has 0 aliphatic heterocycles. The van der Waals surface area contributed by atoms with E-state index in [4.69, 9.17) is 0 Å². The smallest absolute Gasteiger partial charge is 0.144 e. The normalized spacial score (nSPS) is 12.5. The Hall–Kier alpha value is -1.27. The van der Waals surface area contributed by atoms with Gasteiger partial charge in [0.1, 0.15) is 16.5 Å². The average Bonchev–Trinajstić information content (AvgIpc) is 2.26. The van der Waals surface area contributed by atoms with E-state index in [1.807, 2.05) is 0 Å². The fourth-order valence-corrected chi connectivity index (χ4v) is 4.39. The van der Waals surface area contributed by atoms with Crippen molar-refractivity contribution in [3.63, 3.8) is 0 Å². The van der Waals surface area contributed by atoms with Crippen LogP contribution in [0.5, 0.6) is 0 Å². The highest BCUT2D eigenvalue weighted by atomic mass is 28.3. The van der Waals surface area contributed by atoms with E-state index in [1.165, 1.54) is 22.1 Å². The van der Waals surface area contributed by atoms with Crippen molar-refractivity contribution in [3.8, 4) is 0 Å². The first-order valence-corrected chi connectivity index (χ1v) is 14.2. The van der Waals surface area contributed by atoms with E-state index in [2.05, 4.69) is 85.6 Å². The molecule has 2 N–H and O–H groups in total. The van der Waals surface area contributed by atoms with E-state index >= 15 is 0 Å². The molecule has 0 saturated carbocycles. The molecule has 0 aliphatic rings. The lowest BCUT2D eigenvalue weighted by Gasteiger charge is -2.24. The molecule has 0 heterocycles. The third kappa shape index (κ3) is 3.87. The van der Waals surface area contributed by atoms with Crippen LogP contribution in [0.25, 0.3) is 10.8 Å². The Kier molecular flexibility index (Phi) is 3.98. The first-order chi connectivity index (χ1) is 9.16. The lowest BCUT2D eigenvalue weighted by Crippen LogP contribution is -2.33. The second-order valence-corrected chi connectivity index (χ2v) is 17.0. The summed E-state index contributed by atoms with van der Waals surface area (Å²) >= 11 is 0. The van der Waals surface area contributed by atoms with Gasteiger partial charge in [0.05, 0.1) is 0 Å². The summed E-state index contributed by atoms with van der Waals surface area (Å²) in [5.41, 5.74) is 2.53. The predicted octanol–water partition coefficient (Wildman–Crippen LogP) is 5.33. The van der Waals surface area contributed by atoms with Gasteiger partial charge in [-0.1, -0.05) is 63.5 Å². The maximum absolute atomic E-state index is 3.74. The molecule has 0 aliphatic carbocycles. The zero-order valence-electron chi connectivity index (χ0n) is 13.5. The molecule has 0 saturated heterocycles. The Morgan fingerprint density at radius 3 is 1.25 bits per heavy atom. The van der Waals surface area contributed by atoms with Crippen LogP contribution in [0.2, 0.25) is 39.3 Å². The van der Waals surface area contributed by atoms with Crippen LogP contribution in [0.3, 0.4) is 0 Å². The van der Waals surface area contributed by atoms with Crippen LogP contribution in [0, 0.1) is 0 Å². The van der Waals surface area contributed by atoms with Crippen LogP contribution in [-0.2, 0) is 0 Å². The van der Waals surface area contributed by atoms with Crippen molar-refractivity contribution < 1.29 is 0 Å². The van der Waals surface area contributed by atoms with Crippen molar-refractivity contribution in [2.75, 3.05) is 9.96 Å². The number of benzene rings is 2. The SMILES string of the molecule is C[Si](C)(C)Nc1cccc2c(N[Si](C)(C)C)cccc12. The van der Waals surface area contributed by atoms with E-state index in [1.54, 1.807) is 0 Å². The lowest BCUT2D eigenvalue weighted by molar-refractivity contribution is 1.58. The van der Waals surface area contributed by atoms with E-state index in [9.17, 15) is 0 Å². The van der Waals surface area contributed by atoms with Gasteiger partial charge in [-0.2, -0.15) is 0 Å². The first kappa shape index (κ1) is 15.1. The van der Waals surface area contributed by atoms with E-state index in [0.717, 1.165) is 0 Å². The Bertz CT molecular complexity index is 555. The average molecular weight is 303 g/mol. The van der Waals surface area contributed by atoms with Gasteiger partial charge < -0.3 is 9.96 Å². The minimum atomic E-state index is -1.34. The highest BCUT2D eigenvalue weighted by molar-refractivity contribution is 6.80. The molecule has 0 amide bonds. The van der Waals surface area contributed by atoms with Gasteiger partial charge >= 0.3 is 0 Å². The summed E-state index contributed by atoms with van der Waals surface area (Å²) in [4.78, 5) is 7.47. The van der Waals surface area contributed by atoms with Crippen LogP contribution >= 0.6 is 0 Å². The van der Waals surface area contributed by atoms with Crippen molar-refractivity contribution in [2.24, 2.45) is 0 Å². The Morgan fingerprint density at radius 2 is 0.950 bits per heavy atom. The van der Waals surface area contributed by atoms with E-state index in [-0.39, 0.29) is 0 Å². The van der Waals surface area contributed by atoms with E-state index < -0.39 is 16.5 Å². The van der Waals surface area contributed by atoms with Gasteiger partial charge in [0, 0.05) is 22.1 Å². The fraction of sp³-hybridized carbons (Fsp3) is 0.375. The molecule has 108 valence electrons. The standard InChI is InChI=1S/C16H26N2Si2/c1-19(2,3)17-15-11-7-10-14-13(15)9-8-12-16(14)18-20(4,5)6/h7-12,17-18H,1-6H3. The quantitative estimate of drug-likeness (QED) is 0.746. The van der Waals surface area contributed by atoms with Gasteiger partial charge in [-0.3, -0.25) is 0 Å². The van der Waals surface area contributed by atoms with Gasteiger partial charge in [-0.05, 0) is 12.1 Å². The number of rotatable bonds is 4. The third-order valence-corrected chi connectivity index (χ3v) is 4.98. The van der Waals surface area contributed by atoms with Gasteiger partial charge in [0.25, 0.3) is 0 Å². The topological polar surface area (TPSA) is 24.1 Å². The summed E-state index contributed by atoms with van der Waals surface area (Å²) in [5.74, 6) is 0. The minimum absolute atomic E-state index is 1.26. The Morgan fingerprint density at radius 1 is 0.600 bits per heavy atom. The molecular weight excluding hydrogens is 276 g/mol. The molecule has 0 spiro atoms. The maximum Gasteiger partial charge on any atom is 0.144 e. The fourth-order valence-electron chi connectivity index (χ4n) is 2.34. The van der Waals surface area contributed by atoms with Crippen molar-refractivity contribution in [3.05, 3.63) is 36.4 Å². The number of anilines is 2. The second kappa shape index (κ2) is 5.26. The molecule has 0 aromatic heterocycles. The second-order valence-electron chi connectivity index (χ2n) is 7.46. The Labute approximate surface area is 124 Å². The van der Waals surface area contributed by atoms with Crippen molar-refractivity contribution in [1.29, 1.82) is 0 Å². The van der Waals surface area contributed by atoms with Gasteiger partial charge in [-0.25, -0.2) is 0 Å². The van der Waals surface area contributed by atoms with Crippen LogP contribution in [0.4, 0.5) is 11.4 Å². The molecule has 2 aromatic rings. The van der Waals surface area contributed by atoms with Crippen LogP contribution in [-0.4, -0.2) is 16.5 Å². The Balaban J connectivity index is 2.52. The zero-order valence-corrected chi connectivity index (χ0v) is 15.5. The summed E-state index contributed by atoms with van der Waals surface area (Å²) in [6.45, 7) is 14.0. The molecule has 2 nitrogen and oxygen atoms in total. The summed E-state index contributed by atoms with van der Waals surface area (Å²) in [6, 6.07) is 13.1. The largest absolute Gasteiger partial charge is 0.410 e. The van der Waals surface area contributed by atoms with Gasteiger partial charge in [0.15, 0.2) is 0 Å². The van der Waals surface area contributed by atoms with Gasteiger partial charge in [-0.15, -0.1) is 0 Å². The molecule has 2 aromatic carbocycles. The van der Waals surface area contributed by atoms with Crippen LogP contribution in [0.1, 0.15) is 0 Å². The number of nitrogens with one attached hydrogen (secondary N) is 2. The highest BCUT2D eigenvalue weighted by Gasteiger charge is 2.17. The minimum Gasteiger partial charge on any atom is -0.410 e. The molecule has 0 atom stereocenters. The molecule has 4 heteroatoms. The summed E-state index contributed by atoms with van der Waals surface area (Å²) in [6.07, 6.45) is 0. The number of fused-ring (bicyclic) bond motifs is 1. The van der Waals surface area contributed by atoms with Crippen molar-refractivity contribution in [1.82, 2.24) is 0 Å². The highest BCUT2D eigenvalue weighted by Crippen LogP contribution is 2.31. The van der Waals surface area contributed by atoms with Crippen LogP contribution in [0.15, 0.2) is 36.4 Å². The molecule has 0 radical (unpaired) electrons. The first-order valence-electron chi connectivity index (χ1n) is 7.24. The molecular formula is C16H26N2Si2. The molecule has 0 bridgehead atoms. The predicted molar refractivity (Wildman–Crippen MR) is 97.9 cm³/mol. The van der Waals surface area contributed by atoms with Crippen molar-refractivity contribution >= 4 is 38.6 Å². The molecule has 2 rings (SSSR count).